The Morgan fingerprint density at radius 2 is 1.89 bits per heavy atom. The van der Waals surface area contributed by atoms with E-state index in [2.05, 4.69) is 15.5 Å². The Bertz CT molecular complexity index is 923. The molecule has 2 heterocycles. The molecule has 0 aliphatic carbocycles. The molecule has 1 fully saturated rings. The van der Waals surface area contributed by atoms with E-state index in [0.29, 0.717) is 30.4 Å². The van der Waals surface area contributed by atoms with E-state index >= 15 is 0 Å². The Kier molecular flexibility index (Phi) is 6.48. The van der Waals surface area contributed by atoms with Gasteiger partial charge in [-0.15, -0.1) is 0 Å². The number of hydrazone groups is 1. The number of sulfonamides is 1. The summed E-state index contributed by atoms with van der Waals surface area (Å²) in [5, 5.41) is 4.14. The number of nitrogens with one attached hydrogen (secondary N) is 1. The molecule has 1 aromatic carbocycles. The lowest BCUT2D eigenvalue weighted by Crippen LogP contribution is -2.35. The molecule has 9 heteroatoms. The molecule has 1 saturated heterocycles. The number of para-hydroxylation sites is 1. The second kappa shape index (κ2) is 9.03. The zero-order chi connectivity index (χ0) is 20.0. The van der Waals surface area contributed by atoms with E-state index in [-0.39, 0.29) is 4.90 Å². The average Bonchev–Trinajstić information content (AvgIpc) is 2.74. The van der Waals surface area contributed by atoms with Crippen molar-refractivity contribution in [1.82, 2.24) is 9.29 Å². The van der Waals surface area contributed by atoms with Gasteiger partial charge in [-0.1, -0.05) is 12.5 Å². The van der Waals surface area contributed by atoms with Crippen molar-refractivity contribution in [1.29, 1.82) is 0 Å². The largest absolute Gasteiger partial charge is 0.493 e. The third-order valence-electron chi connectivity index (χ3n) is 4.51. The Morgan fingerprint density at radius 1 is 1.11 bits per heavy atom. The van der Waals surface area contributed by atoms with Gasteiger partial charge in [0.1, 0.15) is 10.7 Å². The first-order valence-electron chi connectivity index (χ1n) is 9.02. The van der Waals surface area contributed by atoms with Crippen LogP contribution < -0.4 is 14.9 Å². The molecule has 150 valence electrons. The Hall–Kier alpha value is -2.65. The highest BCUT2D eigenvalue weighted by molar-refractivity contribution is 7.89. The lowest BCUT2D eigenvalue weighted by atomic mass is 10.2. The van der Waals surface area contributed by atoms with Crippen LogP contribution in [-0.2, 0) is 10.0 Å². The van der Waals surface area contributed by atoms with Gasteiger partial charge < -0.3 is 9.47 Å². The van der Waals surface area contributed by atoms with E-state index in [9.17, 15) is 8.42 Å². The SMILES string of the molecule is COc1cccc(/C=N\Nc2ccc(S(=O)(=O)N3CCCCC3)cn2)c1OC. The molecule has 8 nitrogen and oxygen atoms in total. The standard InChI is InChI=1S/C19H24N4O4S/c1-26-17-8-6-7-15(19(17)27-2)13-21-22-18-10-9-16(14-20-18)28(24,25)23-11-4-3-5-12-23/h6-10,13-14H,3-5,11-12H2,1-2H3,(H,20,22)/b21-13-. The number of anilines is 1. The molecule has 1 aliphatic heterocycles. The highest BCUT2D eigenvalue weighted by Crippen LogP contribution is 2.29. The number of ether oxygens (including phenoxy) is 2. The van der Waals surface area contributed by atoms with Crippen LogP contribution in [0.3, 0.4) is 0 Å². The molecular formula is C19H24N4O4S. The minimum atomic E-state index is -3.48. The maximum atomic E-state index is 12.6. The molecule has 1 aromatic heterocycles. The van der Waals surface area contributed by atoms with Crippen LogP contribution in [0.5, 0.6) is 11.5 Å². The number of benzene rings is 1. The van der Waals surface area contributed by atoms with Crippen molar-refractivity contribution in [2.75, 3.05) is 32.7 Å². The molecule has 1 aliphatic rings. The Labute approximate surface area is 165 Å². The summed E-state index contributed by atoms with van der Waals surface area (Å²) in [5.41, 5.74) is 3.53. The molecule has 2 aromatic rings. The summed E-state index contributed by atoms with van der Waals surface area (Å²) in [6.45, 7) is 1.13. The van der Waals surface area contributed by atoms with Gasteiger partial charge in [0.15, 0.2) is 11.5 Å². The summed E-state index contributed by atoms with van der Waals surface area (Å²) in [4.78, 5) is 4.35. The van der Waals surface area contributed by atoms with Crippen molar-refractivity contribution in [3.8, 4) is 11.5 Å². The van der Waals surface area contributed by atoms with Crippen molar-refractivity contribution >= 4 is 22.1 Å². The molecule has 0 bridgehead atoms. The van der Waals surface area contributed by atoms with Crippen molar-refractivity contribution in [3.63, 3.8) is 0 Å². The highest BCUT2D eigenvalue weighted by Gasteiger charge is 2.26. The van der Waals surface area contributed by atoms with Gasteiger partial charge in [0, 0.05) is 24.8 Å². The van der Waals surface area contributed by atoms with E-state index in [1.807, 2.05) is 12.1 Å². The fraction of sp³-hybridized carbons (Fsp3) is 0.368. The molecule has 0 saturated carbocycles. The molecule has 3 rings (SSSR count). The van der Waals surface area contributed by atoms with Crippen LogP contribution in [0.15, 0.2) is 46.5 Å². The predicted molar refractivity (Wildman–Crippen MR) is 108 cm³/mol. The second-order valence-electron chi connectivity index (χ2n) is 6.30. The van der Waals surface area contributed by atoms with Crippen LogP contribution in [0, 0.1) is 0 Å². The maximum absolute atomic E-state index is 12.6. The number of hydrogen-bond donors (Lipinski definition) is 1. The lowest BCUT2D eigenvalue weighted by molar-refractivity contribution is 0.346. The first-order valence-corrected chi connectivity index (χ1v) is 10.5. The number of rotatable bonds is 7. The van der Waals surface area contributed by atoms with Gasteiger partial charge in [-0.2, -0.15) is 9.41 Å². The van der Waals surface area contributed by atoms with Crippen molar-refractivity contribution in [2.45, 2.75) is 24.2 Å². The van der Waals surface area contributed by atoms with Gasteiger partial charge in [0.2, 0.25) is 10.0 Å². The van der Waals surface area contributed by atoms with Crippen LogP contribution in [0.1, 0.15) is 24.8 Å². The van der Waals surface area contributed by atoms with Gasteiger partial charge in [0.05, 0.1) is 20.4 Å². The molecule has 0 radical (unpaired) electrons. The molecule has 28 heavy (non-hydrogen) atoms. The topological polar surface area (TPSA) is 93.1 Å². The third-order valence-corrected chi connectivity index (χ3v) is 6.39. The molecule has 0 atom stereocenters. The minimum Gasteiger partial charge on any atom is -0.493 e. The number of aromatic nitrogens is 1. The third kappa shape index (κ3) is 4.42. The van der Waals surface area contributed by atoms with Crippen molar-refractivity contribution < 1.29 is 17.9 Å². The summed E-state index contributed by atoms with van der Waals surface area (Å²) in [5.74, 6) is 1.62. The average molecular weight is 404 g/mol. The number of methoxy groups -OCH3 is 2. The molecule has 1 N–H and O–H groups in total. The van der Waals surface area contributed by atoms with Crippen LogP contribution in [0.25, 0.3) is 0 Å². The highest BCUT2D eigenvalue weighted by atomic mass is 32.2. The molecule has 0 unspecified atom stereocenters. The van der Waals surface area contributed by atoms with Gasteiger partial charge in [-0.25, -0.2) is 13.4 Å². The first-order chi connectivity index (χ1) is 13.6. The number of hydrogen-bond acceptors (Lipinski definition) is 7. The smallest absolute Gasteiger partial charge is 0.244 e. The summed E-state index contributed by atoms with van der Waals surface area (Å²) < 4.78 is 37.4. The Morgan fingerprint density at radius 3 is 2.54 bits per heavy atom. The monoisotopic (exact) mass is 404 g/mol. The van der Waals surface area contributed by atoms with Crippen molar-refractivity contribution in [2.24, 2.45) is 5.10 Å². The normalized spacial score (nSPS) is 15.5. The minimum absolute atomic E-state index is 0.193. The van der Waals surface area contributed by atoms with Crippen LogP contribution in [0.4, 0.5) is 5.82 Å². The number of pyridine rings is 1. The predicted octanol–water partition coefficient (Wildman–Crippen LogP) is 2.72. The Balaban J connectivity index is 1.69. The van der Waals surface area contributed by atoms with Gasteiger partial charge in [-0.05, 0) is 37.1 Å². The zero-order valence-electron chi connectivity index (χ0n) is 16.0. The summed E-state index contributed by atoms with van der Waals surface area (Å²) in [7, 11) is -0.354. The first kappa shape index (κ1) is 20.1. The van der Waals surface area contributed by atoms with E-state index in [1.165, 1.54) is 10.5 Å². The maximum Gasteiger partial charge on any atom is 0.244 e. The van der Waals surface area contributed by atoms with Crippen LogP contribution in [-0.4, -0.2) is 51.2 Å². The van der Waals surface area contributed by atoms with Crippen molar-refractivity contribution in [3.05, 3.63) is 42.1 Å². The number of nitrogens with zero attached hydrogens (tertiary/aromatic N) is 3. The number of piperidine rings is 1. The van der Waals surface area contributed by atoms with E-state index in [1.54, 1.807) is 38.6 Å². The van der Waals surface area contributed by atoms with Crippen LogP contribution in [0.2, 0.25) is 0 Å². The summed E-state index contributed by atoms with van der Waals surface area (Å²) >= 11 is 0. The zero-order valence-corrected chi connectivity index (χ0v) is 16.8. The quantitative estimate of drug-likeness (QED) is 0.563. The van der Waals surface area contributed by atoms with Gasteiger partial charge >= 0.3 is 0 Å². The second-order valence-corrected chi connectivity index (χ2v) is 8.23. The fourth-order valence-corrected chi connectivity index (χ4v) is 4.50. The van der Waals surface area contributed by atoms with Gasteiger partial charge in [0.25, 0.3) is 0 Å². The van der Waals surface area contributed by atoms with E-state index in [0.717, 1.165) is 24.8 Å². The fourth-order valence-electron chi connectivity index (χ4n) is 3.03. The molecular weight excluding hydrogens is 380 g/mol. The molecule has 0 spiro atoms. The summed E-state index contributed by atoms with van der Waals surface area (Å²) in [6.07, 6.45) is 5.81. The van der Waals surface area contributed by atoms with Gasteiger partial charge in [-0.3, -0.25) is 5.43 Å². The van der Waals surface area contributed by atoms with E-state index < -0.39 is 10.0 Å². The lowest BCUT2D eigenvalue weighted by Gasteiger charge is -2.25. The molecule has 0 amide bonds. The van der Waals surface area contributed by atoms with E-state index in [4.69, 9.17) is 9.47 Å². The van der Waals surface area contributed by atoms with Crippen LogP contribution >= 0.6 is 0 Å². The summed E-state index contributed by atoms with van der Waals surface area (Å²) in [6, 6.07) is 8.61.